The van der Waals surface area contributed by atoms with Crippen molar-refractivity contribution in [1.29, 1.82) is 0 Å². The number of benzene rings is 1. The number of anilines is 2. The second-order valence-corrected chi connectivity index (χ2v) is 4.70. The Labute approximate surface area is 122 Å². The summed E-state index contributed by atoms with van der Waals surface area (Å²) in [5.41, 5.74) is 7.38. The maximum atomic E-state index is 13.8. The Hall–Kier alpha value is -1.88. The maximum absolute atomic E-state index is 13.8. The molecule has 6 heteroatoms. The zero-order valence-corrected chi connectivity index (χ0v) is 12.2. The number of aromatic nitrogens is 2. The van der Waals surface area contributed by atoms with Crippen molar-refractivity contribution in [2.24, 2.45) is 0 Å². The van der Waals surface area contributed by atoms with Gasteiger partial charge in [0.25, 0.3) is 0 Å². The Kier molecular flexibility index (Phi) is 4.39. The molecule has 0 unspecified atom stereocenters. The van der Waals surface area contributed by atoms with E-state index in [1.165, 1.54) is 18.3 Å². The lowest BCUT2D eigenvalue weighted by Gasteiger charge is -2.21. The van der Waals surface area contributed by atoms with Crippen LogP contribution in [-0.4, -0.2) is 23.1 Å². The maximum Gasteiger partial charge on any atom is 0.220 e. The van der Waals surface area contributed by atoms with E-state index in [4.69, 9.17) is 17.3 Å². The minimum atomic E-state index is -0.336. The van der Waals surface area contributed by atoms with E-state index in [1.54, 1.807) is 0 Å². The quantitative estimate of drug-likeness (QED) is 0.939. The molecule has 0 atom stereocenters. The fraction of sp³-hybridized carbons (Fsp3) is 0.286. The molecule has 0 bridgehead atoms. The normalized spacial score (nSPS) is 10.6. The summed E-state index contributed by atoms with van der Waals surface area (Å²) >= 11 is 6.07. The highest BCUT2D eigenvalue weighted by molar-refractivity contribution is 6.32. The summed E-state index contributed by atoms with van der Waals surface area (Å²) in [6.45, 7) is 5.62. The van der Waals surface area contributed by atoms with E-state index in [0.717, 1.165) is 18.8 Å². The van der Waals surface area contributed by atoms with Crippen molar-refractivity contribution in [2.45, 2.75) is 13.8 Å². The van der Waals surface area contributed by atoms with Crippen LogP contribution in [0.5, 0.6) is 0 Å². The van der Waals surface area contributed by atoms with Gasteiger partial charge in [0.2, 0.25) is 5.95 Å². The van der Waals surface area contributed by atoms with Gasteiger partial charge in [-0.3, -0.25) is 0 Å². The molecule has 106 valence electrons. The molecule has 0 spiro atoms. The third kappa shape index (κ3) is 2.99. The van der Waals surface area contributed by atoms with E-state index < -0.39 is 0 Å². The SMILES string of the molecule is CCN(CC)c1cc(F)cc(-c2nc(N)ncc2Cl)c1. The average Bonchev–Trinajstić information content (AvgIpc) is 2.42. The Bertz CT molecular complexity index is 614. The highest BCUT2D eigenvalue weighted by Crippen LogP contribution is 2.30. The largest absolute Gasteiger partial charge is 0.372 e. The summed E-state index contributed by atoms with van der Waals surface area (Å²) in [7, 11) is 0. The topological polar surface area (TPSA) is 55.0 Å². The molecule has 2 aromatic rings. The van der Waals surface area contributed by atoms with Crippen LogP contribution in [0.4, 0.5) is 16.0 Å². The van der Waals surface area contributed by atoms with E-state index in [1.807, 2.05) is 24.8 Å². The van der Waals surface area contributed by atoms with Gasteiger partial charge in [0.05, 0.1) is 16.9 Å². The number of nitrogens with zero attached hydrogens (tertiary/aromatic N) is 3. The molecule has 1 heterocycles. The van der Waals surface area contributed by atoms with Crippen LogP contribution in [0.1, 0.15) is 13.8 Å². The van der Waals surface area contributed by atoms with Gasteiger partial charge in [-0.2, -0.15) is 0 Å². The molecule has 0 radical (unpaired) electrons. The molecule has 0 saturated heterocycles. The third-order valence-corrected chi connectivity index (χ3v) is 3.32. The Balaban J connectivity index is 2.54. The molecule has 2 rings (SSSR count). The van der Waals surface area contributed by atoms with Crippen molar-refractivity contribution in [3.8, 4) is 11.3 Å². The van der Waals surface area contributed by atoms with Gasteiger partial charge >= 0.3 is 0 Å². The number of halogens is 2. The van der Waals surface area contributed by atoms with Crippen LogP contribution < -0.4 is 10.6 Å². The Morgan fingerprint density at radius 2 is 1.95 bits per heavy atom. The zero-order valence-electron chi connectivity index (χ0n) is 11.4. The van der Waals surface area contributed by atoms with Crippen molar-refractivity contribution in [3.05, 3.63) is 35.2 Å². The number of nitrogen functional groups attached to an aromatic ring is 1. The smallest absolute Gasteiger partial charge is 0.220 e. The van der Waals surface area contributed by atoms with Crippen LogP contribution in [0.2, 0.25) is 5.02 Å². The average molecular weight is 295 g/mol. The van der Waals surface area contributed by atoms with E-state index in [-0.39, 0.29) is 11.8 Å². The van der Waals surface area contributed by atoms with Gasteiger partial charge in [-0.15, -0.1) is 0 Å². The molecular formula is C14H16ClFN4. The molecule has 20 heavy (non-hydrogen) atoms. The first kappa shape index (κ1) is 14.5. The van der Waals surface area contributed by atoms with Crippen LogP contribution in [0, 0.1) is 5.82 Å². The first-order valence-corrected chi connectivity index (χ1v) is 6.76. The molecule has 0 amide bonds. The Morgan fingerprint density at radius 3 is 2.60 bits per heavy atom. The van der Waals surface area contributed by atoms with Gasteiger partial charge in [0.15, 0.2) is 0 Å². The predicted octanol–water partition coefficient (Wildman–Crippen LogP) is 3.36. The van der Waals surface area contributed by atoms with Crippen molar-refractivity contribution in [1.82, 2.24) is 9.97 Å². The second-order valence-electron chi connectivity index (χ2n) is 4.30. The van der Waals surface area contributed by atoms with Crippen molar-refractivity contribution in [2.75, 3.05) is 23.7 Å². The predicted molar refractivity (Wildman–Crippen MR) is 80.4 cm³/mol. The molecule has 0 aliphatic heterocycles. The summed E-state index contributed by atoms with van der Waals surface area (Å²) in [6, 6.07) is 4.74. The van der Waals surface area contributed by atoms with Crippen molar-refractivity contribution >= 4 is 23.2 Å². The highest BCUT2D eigenvalue weighted by atomic mass is 35.5. The minimum Gasteiger partial charge on any atom is -0.372 e. The summed E-state index contributed by atoms with van der Waals surface area (Å²) in [6.07, 6.45) is 1.42. The standard InChI is InChI=1S/C14H16ClFN4/c1-3-20(4-2)11-6-9(5-10(16)7-11)13-12(15)8-18-14(17)19-13/h5-8H,3-4H2,1-2H3,(H2,17,18,19). The van der Waals surface area contributed by atoms with E-state index >= 15 is 0 Å². The molecule has 2 N–H and O–H groups in total. The second kappa shape index (κ2) is 6.05. The van der Waals surface area contributed by atoms with Gasteiger partial charge in [-0.25, -0.2) is 14.4 Å². The number of nitrogens with two attached hydrogens (primary N) is 1. The zero-order chi connectivity index (χ0) is 14.7. The van der Waals surface area contributed by atoms with E-state index in [2.05, 4.69) is 9.97 Å². The highest BCUT2D eigenvalue weighted by Gasteiger charge is 2.12. The lowest BCUT2D eigenvalue weighted by atomic mass is 10.1. The summed E-state index contributed by atoms with van der Waals surface area (Å²) in [4.78, 5) is 9.94. The van der Waals surface area contributed by atoms with E-state index in [9.17, 15) is 4.39 Å². The summed E-state index contributed by atoms with van der Waals surface area (Å²) in [5, 5.41) is 0.343. The molecular weight excluding hydrogens is 279 g/mol. The number of hydrogen-bond donors (Lipinski definition) is 1. The van der Waals surface area contributed by atoms with E-state index in [0.29, 0.717) is 16.3 Å². The summed E-state index contributed by atoms with van der Waals surface area (Å²) < 4.78 is 13.8. The molecule has 4 nitrogen and oxygen atoms in total. The van der Waals surface area contributed by atoms with Crippen LogP contribution in [0.3, 0.4) is 0 Å². The first-order chi connectivity index (χ1) is 9.55. The monoisotopic (exact) mass is 294 g/mol. The van der Waals surface area contributed by atoms with Gasteiger partial charge in [-0.05, 0) is 32.0 Å². The van der Waals surface area contributed by atoms with Gasteiger partial charge < -0.3 is 10.6 Å². The number of hydrogen-bond acceptors (Lipinski definition) is 4. The molecule has 0 aliphatic rings. The van der Waals surface area contributed by atoms with Crippen molar-refractivity contribution < 1.29 is 4.39 Å². The van der Waals surface area contributed by atoms with Gasteiger partial charge in [0.1, 0.15) is 5.82 Å². The third-order valence-electron chi connectivity index (χ3n) is 3.05. The number of rotatable bonds is 4. The van der Waals surface area contributed by atoms with Gasteiger partial charge in [-0.1, -0.05) is 11.6 Å². The lowest BCUT2D eigenvalue weighted by Crippen LogP contribution is -2.21. The molecule has 1 aromatic carbocycles. The van der Waals surface area contributed by atoms with Gasteiger partial charge in [0, 0.05) is 24.3 Å². The fourth-order valence-electron chi connectivity index (χ4n) is 2.07. The van der Waals surface area contributed by atoms with Crippen molar-refractivity contribution in [3.63, 3.8) is 0 Å². The summed E-state index contributed by atoms with van der Waals surface area (Å²) in [5.74, 6) is -0.226. The minimum absolute atomic E-state index is 0.109. The lowest BCUT2D eigenvalue weighted by molar-refractivity contribution is 0.627. The Morgan fingerprint density at radius 1 is 1.25 bits per heavy atom. The fourth-order valence-corrected chi connectivity index (χ4v) is 2.27. The molecule has 1 aromatic heterocycles. The molecule has 0 fully saturated rings. The molecule has 0 saturated carbocycles. The molecule has 0 aliphatic carbocycles. The van der Waals surface area contributed by atoms with Crippen LogP contribution in [0.25, 0.3) is 11.3 Å². The van der Waals surface area contributed by atoms with Crippen LogP contribution >= 0.6 is 11.6 Å². The first-order valence-electron chi connectivity index (χ1n) is 6.39. The van der Waals surface area contributed by atoms with Crippen LogP contribution in [-0.2, 0) is 0 Å². The van der Waals surface area contributed by atoms with Crippen LogP contribution in [0.15, 0.2) is 24.4 Å².